The summed E-state index contributed by atoms with van der Waals surface area (Å²) in [7, 11) is 0. The first kappa shape index (κ1) is 13.8. The summed E-state index contributed by atoms with van der Waals surface area (Å²) in [4.78, 5) is 29.5. The number of aliphatic carboxylic acids is 1. The van der Waals surface area contributed by atoms with Gasteiger partial charge in [-0.25, -0.2) is 4.98 Å². The number of carboxylic acid groups (broad SMARTS) is 1. The molecule has 0 aliphatic carbocycles. The maximum atomic E-state index is 12.6. The summed E-state index contributed by atoms with van der Waals surface area (Å²) in [6.45, 7) is 0. The van der Waals surface area contributed by atoms with E-state index in [-0.39, 0.29) is 23.1 Å². The van der Waals surface area contributed by atoms with Gasteiger partial charge >= 0.3 is 5.97 Å². The Morgan fingerprint density at radius 3 is 2.85 bits per heavy atom. The molecule has 7 heteroatoms. The Morgan fingerprint density at radius 2 is 2.20 bits per heavy atom. The number of fused-ring (bicyclic) bond motifs is 2. The summed E-state index contributed by atoms with van der Waals surface area (Å²) in [5.74, 6) is -1.51. The summed E-state index contributed by atoms with van der Waals surface area (Å²) in [6.07, 6.45) is 3.66. The average molecular weight is 360 g/mol. The molecule has 0 radical (unpaired) electrons. The monoisotopic (exact) mass is 358 g/mol. The molecule has 3 rings (SSSR count). The fourth-order valence-electron chi connectivity index (χ4n) is 3.28. The summed E-state index contributed by atoms with van der Waals surface area (Å²) in [6, 6.07) is 1.41. The summed E-state index contributed by atoms with van der Waals surface area (Å²) >= 11 is 9.26. The number of hydrogen-bond donors (Lipinski definition) is 1. The Hall–Kier alpha value is -1.14. The molecule has 106 valence electrons. The lowest BCUT2D eigenvalue weighted by Gasteiger charge is -2.23. The van der Waals surface area contributed by atoms with Crippen molar-refractivity contribution in [2.24, 2.45) is 5.92 Å². The zero-order chi connectivity index (χ0) is 14.4. The van der Waals surface area contributed by atoms with E-state index < -0.39 is 11.9 Å². The molecule has 2 aliphatic rings. The number of nitrogens with zero attached hydrogens (tertiary/aromatic N) is 2. The number of carbonyl (C=O) groups excluding carboxylic acids is 1. The first-order chi connectivity index (χ1) is 9.49. The highest BCUT2D eigenvalue weighted by atomic mass is 79.9. The quantitative estimate of drug-likeness (QED) is 0.824. The summed E-state index contributed by atoms with van der Waals surface area (Å²) in [5.41, 5.74) is 0.323. The van der Waals surface area contributed by atoms with E-state index in [1.807, 2.05) is 0 Å². The van der Waals surface area contributed by atoms with Crippen molar-refractivity contribution in [3.8, 4) is 0 Å². The number of halogens is 2. The van der Waals surface area contributed by atoms with Crippen LogP contribution in [0.3, 0.4) is 0 Å². The van der Waals surface area contributed by atoms with Crippen LogP contribution < -0.4 is 0 Å². The second-order valence-electron chi connectivity index (χ2n) is 5.18. The standard InChI is InChI=1S/C13H12BrClN2O3/c14-6-3-9(11(15)16-5-6)12(18)17-7-1-2-10(17)8(4-7)13(19)20/h3,5,7-8,10H,1-2,4H2,(H,19,20). The molecule has 0 aromatic carbocycles. The third-order valence-electron chi connectivity index (χ3n) is 4.12. The van der Waals surface area contributed by atoms with Crippen LogP contribution in [-0.2, 0) is 4.79 Å². The van der Waals surface area contributed by atoms with Crippen LogP contribution in [0.2, 0.25) is 5.15 Å². The minimum atomic E-state index is -0.825. The fraction of sp³-hybridized carbons (Fsp3) is 0.462. The molecule has 1 aromatic rings. The largest absolute Gasteiger partial charge is 0.481 e. The van der Waals surface area contributed by atoms with Gasteiger partial charge in [0.2, 0.25) is 0 Å². The number of rotatable bonds is 2. The predicted molar refractivity (Wildman–Crippen MR) is 75.7 cm³/mol. The summed E-state index contributed by atoms with van der Waals surface area (Å²) < 4.78 is 0.673. The Morgan fingerprint density at radius 1 is 1.45 bits per heavy atom. The maximum Gasteiger partial charge on any atom is 0.308 e. The molecule has 1 amide bonds. The lowest BCUT2D eigenvalue weighted by Crippen LogP contribution is -2.38. The molecule has 5 nitrogen and oxygen atoms in total. The van der Waals surface area contributed by atoms with E-state index in [9.17, 15) is 14.7 Å². The molecule has 1 aromatic heterocycles. The van der Waals surface area contributed by atoms with Gasteiger partial charge in [0.15, 0.2) is 0 Å². The Kier molecular flexibility index (Phi) is 3.46. The molecule has 20 heavy (non-hydrogen) atoms. The number of aromatic nitrogens is 1. The molecule has 2 bridgehead atoms. The van der Waals surface area contributed by atoms with Crippen molar-refractivity contribution in [1.82, 2.24) is 9.88 Å². The predicted octanol–water partition coefficient (Wildman–Crippen LogP) is 2.58. The van der Waals surface area contributed by atoms with Crippen LogP contribution in [0.15, 0.2) is 16.7 Å². The molecule has 3 heterocycles. The highest BCUT2D eigenvalue weighted by Gasteiger charge is 2.51. The Bertz CT molecular complexity index is 595. The van der Waals surface area contributed by atoms with Crippen molar-refractivity contribution in [1.29, 1.82) is 0 Å². The lowest BCUT2D eigenvalue weighted by molar-refractivity contribution is -0.142. The highest BCUT2D eigenvalue weighted by Crippen LogP contribution is 2.43. The third-order valence-corrected chi connectivity index (χ3v) is 4.86. The van der Waals surface area contributed by atoms with Crippen LogP contribution in [0, 0.1) is 5.92 Å². The van der Waals surface area contributed by atoms with Crippen LogP contribution in [0.5, 0.6) is 0 Å². The SMILES string of the molecule is O=C(O)C1CC2CCC1N2C(=O)c1cc(Br)cnc1Cl. The van der Waals surface area contributed by atoms with Gasteiger partial charge in [-0.05, 0) is 41.3 Å². The molecule has 0 saturated carbocycles. The van der Waals surface area contributed by atoms with Crippen molar-refractivity contribution in [3.63, 3.8) is 0 Å². The van der Waals surface area contributed by atoms with Crippen molar-refractivity contribution in [2.75, 3.05) is 0 Å². The maximum absolute atomic E-state index is 12.6. The fourth-order valence-corrected chi connectivity index (χ4v) is 3.80. The van der Waals surface area contributed by atoms with E-state index in [1.165, 1.54) is 6.20 Å². The van der Waals surface area contributed by atoms with Gasteiger partial charge < -0.3 is 10.0 Å². The van der Waals surface area contributed by atoms with Crippen LogP contribution in [0.25, 0.3) is 0 Å². The topological polar surface area (TPSA) is 70.5 Å². The van der Waals surface area contributed by atoms with E-state index in [1.54, 1.807) is 11.0 Å². The molecular weight excluding hydrogens is 348 g/mol. The molecule has 3 atom stereocenters. The smallest absolute Gasteiger partial charge is 0.308 e. The van der Waals surface area contributed by atoms with E-state index in [4.69, 9.17) is 11.6 Å². The van der Waals surface area contributed by atoms with E-state index in [0.29, 0.717) is 16.5 Å². The van der Waals surface area contributed by atoms with Crippen molar-refractivity contribution < 1.29 is 14.7 Å². The third kappa shape index (κ3) is 2.11. The molecule has 2 saturated heterocycles. The zero-order valence-corrected chi connectivity index (χ0v) is 12.8. The van der Waals surface area contributed by atoms with E-state index >= 15 is 0 Å². The van der Waals surface area contributed by atoms with Crippen LogP contribution >= 0.6 is 27.5 Å². The molecule has 0 spiro atoms. The van der Waals surface area contributed by atoms with Crippen LogP contribution in [0.1, 0.15) is 29.6 Å². The number of amides is 1. The van der Waals surface area contributed by atoms with Gasteiger partial charge in [0, 0.05) is 22.8 Å². The first-order valence-corrected chi connectivity index (χ1v) is 7.52. The van der Waals surface area contributed by atoms with Gasteiger partial charge in [-0.2, -0.15) is 0 Å². The zero-order valence-electron chi connectivity index (χ0n) is 10.4. The molecule has 2 fully saturated rings. The van der Waals surface area contributed by atoms with Gasteiger partial charge in [0.05, 0.1) is 11.5 Å². The van der Waals surface area contributed by atoms with Crippen LogP contribution in [-0.4, -0.2) is 39.0 Å². The first-order valence-electron chi connectivity index (χ1n) is 6.35. The van der Waals surface area contributed by atoms with Crippen molar-refractivity contribution in [2.45, 2.75) is 31.3 Å². The van der Waals surface area contributed by atoms with Gasteiger partial charge in [0.25, 0.3) is 5.91 Å². The minimum absolute atomic E-state index is 0.00338. The molecule has 3 unspecified atom stereocenters. The van der Waals surface area contributed by atoms with Gasteiger partial charge in [-0.1, -0.05) is 11.6 Å². The van der Waals surface area contributed by atoms with Gasteiger partial charge in [-0.3, -0.25) is 9.59 Å². The molecular formula is C13H12BrClN2O3. The molecule has 1 N–H and O–H groups in total. The number of hydrogen-bond acceptors (Lipinski definition) is 3. The number of pyridine rings is 1. The number of carbonyl (C=O) groups is 2. The van der Waals surface area contributed by atoms with Gasteiger partial charge in [-0.15, -0.1) is 0 Å². The Balaban J connectivity index is 1.92. The highest BCUT2D eigenvalue weighted by molar-refractivity contribution is 9.10. The summed E-state index contributed by atoms with van der Waals surface area (Å²) in [5, 5.41) is 9.37. The van der Waals surface area contributed by atoms with E-state index in [2.05, 4.69) is 20.9 Å². The lowest BCUT2D eigenvalue weighted by atomic mass is 9.89. The van der Waals surface area contributed by atoms with Gasteiger partial charge in [0.1, 0.15) is 5.15 Å². The van der Waals surface area contributed by atoms with Crippen molar-refractivity contribution in [3.05, 3.63) is 27.5 Å². The minimum Gasteiger partial charge on any atom is -0.481 e. The molecule has 2 aliphatic heterocycles. The Labute approximate surface area is 129 Å². The second-order valence-corrected chi connectivity index (χ2v) is 6.46. The average Bonchev–Trinajstić information content (AvgIpc) is 2.98. The van der Waals surface area contributed by atoms with E-state index in [0.717, 1.165) is 12.8 Å². The van der Waals surface area contributed by atoms with Crippen LogP contribution in [0.4, 0.5) is 0 Å². The van der Waals surface area contributed by atoms with Crippen molar-refractivity contribution >= 4 is 39.4 Å². The normalized spacial score (nSPS) is 27.9. The number of carboxylic acids is 1. The second kappa shape index (κ2) is 5.00.